The Morgan fingerprint density at radius 2 is 1.74 bits per heavy atom. The van der Waals surface area contributed by atoms with Gasteiger partial charge in [0.2, 0.25) is 0 Å². The summed E-state index contributed by atoms with van der Waals surface area (Å²) in [4.78, 5) is 17.4. The molecule has 2 aromatic carbocycles. The number of nitrogens with zero attached hydrogens (tertiary/aromatic N) is 2. The maximum absolute atomic E-state index is 13.3. The molecule has 6 heteroatoms. The molecule has 2 aliphatic rings. The molecule has 0 aromatic heterocycles. The molecule has 2 aromatic rings. The maximum Gasteiger partial charge on any atom is 0.416 e. The van der Waals surface area contributed by atoms with Crippen molar-refractivity contribution in [1.29, 1.82) is 0 Å². The van der Waals surface area contributed by atoms with Crippen LogP contribution in [0.15, 0.2) is 48.5 Å². The molecular formula is C25H29F3N2O. The summed E-state index contributed by atoms with van der Waals surface area (Å²) < 4.78 is 39.9. The molecule has 31 heavy (non-hydrogen) atoms. The molecule has 0 bridgehead atoms. The highest BCUT2D eigenvalue weighted by Crippen LogP contribution is 2.37. The van der Waals surface area contributed by atoms with Gasteiger partial charge in [-0.2, -0.15) is 13.2 Å². The summed E-state index contributed by atoms with van der Waals surface area (Å²) in [5.41, 5.74) is 1.72. The Morgan fingerprint density at radius 1 is 1.00 bits per heavy atom. The van der Waals surface area contributed by atoms with Crippen LogP contribution in [0.3, 0.4) is 0 Å². The number of rotatable bonds is 4. The largest absolute Gasteiger partial charge is 0.416 e. The molecule has 2 fully saturated rings. The normalized spacial score (nSPS) is 22.6. The molecule has 2 saturated heterocycles. The first-order chi connectivity index (χ1) is 14.8. The number of hydrogen-bond acceptors (Lipinski definition) is 2. The zero-order valence-corrected chi connectivity index (χ0v) is 17.9. The molecule has 0 saturated carbocycles. The summed E-state index contributed by atoms with van der Waals surface area (Å²) in [6.45, 7) is 5.84. The van der Waals surface area contributed by atoms with Gasteiger partial charge in [-0.05, 0) is 62.5 Å². The minimum Gasteiger partial charge on any atom is -0.338 e. The first-order valence-electron chi connectivity index (χ1n) is 11.1. The lowest BCUT2D eigenvalue weighted by Crippen LogP contribution is -2.36. The van der Waals surface area contributed by atoms with Gasteiger partial charge in [-0.3, -0.25) is 4.79 Å². The summed E-state index contributed by atoms with van der Waals surface area (Å²) in [5, 5.41) is 0. The topological polar surface area (TPSA) is 23.6 Å². The third-order valence-corrected chi connectivity index (χ3v) is 6.58. The number of benzene rings is 2. The van der Waals surface area contributed by atoms with Gasteiger partial charge in [-0.25, -0.2) is 0 Å². The van der Waals surface area contributed by atoms with Crippen molar-refractivity contribution in [3.8, 4) is 0 Å². The van der Waals surface area contributed by atoms with Gasteiger partial charge in [0.25, 0.3) is 5.91 Å². The summed E-state index contributed by atoms with van der Waals surface area (Å²) in [6.07, 6.45) is -0.815. The molecule has 4 rings (SSSR count). The molecule has 1 amide bonds. The van der Waals surface area contributed by atoms with Gasteiger partial charge in [0.1, 0.15) is 0 Å². The first kappa shape index (κ1) is 21.9. The molecule has 2 unspecified atom stereocenters. The van der Waals surface area contributed by atoms with E-state index in [2.05, 4.69) is 4.90 Å². The second-order valence-corrected chi connectivity index (χ2v) is 8.93. The summed E-state index contributed by atoms with van der Waals surface area (Å²) in [6, 6.07) is 13.2. The van der Waals surface area contributed by atoms with Crippen LogP contribution in [0, 0.1) is 12.8 Å². The van der Waals surface area contributed by atoms with E-state index in [9.17, 15) is 18.0 Å². The van der Waals surface area contributed by atoms with Crippen LogP contribution in [0.25, 0.3) is 0 Å². The van der Waals surface area contributed by atoms with E-state index >= 15 is 0 Å². The molecule has 2 heterocycles. The van der Waals surface area contributed by atoms with Crippen LogP contribution in [-0.4, -0.2) is 48.4 Å². The minimum atomic E-state index is -4.37. The molecule has 2 atom stereocenters. The number of aryl methyl sites for hydroxylation is 1. The number of alkyl halides is 3. The molecule has 2 aliphatic heterocycles. The zero-order valence-electron chi connectivity index (χ0n) is 17.9. The predicted octanol–water partition coefficient (Wildman–Crippen LogP) is 5.36. The van der Waals surface area contributed by atoms with Crippen molar-refractivity contribution in [2.75, 3.05) is 32.7 Å². The van der Waals surface area contributed by atoms with Crippen molar-refractivity contribution in [3.63, 3.8) is 0 Å². The van der Waals surface area contributed by atoms with Gasteiger partial charge in [0, 0.05) is 31.1 Å². The lowest BCUT2D eigenvalue weighted by atomic mass is 9.87. The van der Waals surface area contributed by atoms with Gasteiger partial charge in [-0.1, -0.05) is 42.3 Å². The summed E-state index contributed by atoms with van der Waals surface area (Å²) >= 11 is 0. The predicted molar refractivity (Wildman–Crippen MR) is 115 cm³/mol. The average molecular weight is 431 g/mol. The monoisotopic (exact) mass is 430 g/mol. The first-order valence-corrected chi connectivity index (χ1v) is 11.1. The molecule has 166 valence electrons. The zero-order chi connectivity index (χ0) is 22.0. The Bertz CT molecular complexity index is 921. The molecule has 0 aliphatic carbocycles. The Balaban J connectivity index is 1.59. The van der Waals surface area contributed by atoms with Crippen molar-refractivity contribution < 1.29 is 18.0 Å². The maximum atomic E-state index is 13.3. The number of likely N-dealkylation sites (tertiary alicyclic amines) is 2. The standard InChI is InChI=1S/C25H29F3N2O/c1-18-7-5-9-20(13-18)24(31)30-16-21(15-29-11-3-2-4-12-29)23(17-30)19-8-6-10-22(14-19)25(26,27)28/h5-10,13-14,21,23H,2-4,11-12,15-17H2,1H3. The van der Waals surface area contributed by atoms with E-state index < -0.39 is 11.7 Å². The van der Waals surface area contributed by atoms with Crippen LogP contribution in [-0.2, 0) is 6.18 Å². The number of hydrogen-bond donors (Lipinski definition) is 0. The molecule has 0 spiro atoms. The van der Waals surface area contributed by atoms with Crippen LogP contribution in [0.4, 0.5) is 13.2 Å². The van der Waals surface area contributed by atoms with Crippen molar-refractivity contribution in [1.82, 2.24) is 9.80 Å². The van der Waals surface area contributed by atoms with Gasteiger partial charge >= 0.3 is 6.18 Å². The van der Waals surface area contributed by atoms with Gasteiger partial charge in [0.15, 0.2) is 0 Å². The highest BCUT2D eigenvalue weighted by Gasteiger charge is 2.39. The summed E-state index contributed by atoms with van der Waals surface area (Å²) in [5.74, 6) is -0.0184. The lowest BCUT2D eigenvalue weighted by molar-refractivity contribution is -0.137. The highest BCUT2D eigenvalue weighted by atomic mass is 19.4. The fourth-order valence-corrected chi connectivity index (χ4v) is 4.98. The van der Waals surface area contributed by atoms with Crippen molar-refractivity contribution in [3.05, 3.63) is 70.8 Å². The van der Waals surface area contributed by atoms with Crippen molar-refractivity contribution in [2.24, 2.45) is 5.92 Å². The third-order valence-electron chi connectivity index (χ3n) is 6.58. The number of halogens is 3. The van der Waals surface area contributed by atoms with Gasteiger partial charge < -0.3 is 9.80 Å². The highest BCUT2D eigenvalue weighted by molar-refractivity contribution is 5.94. The SMILES string of the molecule is Cc1cccc(C(=O)N2CC(CN3CCCCC3)C(c3cccc(C(F)(F)F)c3)C2)c1. The second kappa shape index (κ2) is 9.03. The second-order valence-electron chi connectivity index (χ2n) is 8.93. The average Bonchev–Trinajstić information content (AvgIpc) is 3.17. The van der Waals surface area contributed by atoms with E-state index in [-0.39, 0.29) is 17.7 Å². The fraction of sp³-hybridized carbons (Fsp3) is 0.480. The van der Waals surface area contributed by atoms with E-state index in [1.54, 1.807) is 6.07 Å². The van der Waals surface area contributed by atoms with Crippen LogP contribution in [0.1, 0.15) is 52.2 Å². The van der Waals surface area contributed by atoms with Gasteiger partial charge in [-0.15, -0.1) is 0 Å². The van der Waals surface area contributed by atoms with E-state index in [1.165, 1.54) is 18.6 Å². The molecule has 3 nitrogen and oxygen atoms in total. The number of carbonyl (C=O) groups is 1. The minimum absolute atomic E-state index is 0.0400. The molecule has 0 N–H and O–H groups in total. The fourth-order valence-electron chi connectivity index (χ4n) is 4.98. The van der Waals surface area contributed by atoms with Crippen molar-refractivity contribution in [2.45, 2.75) is 38.3 Å². The summed E-state index contributed by atoms with van der Waals surface area (Å²) in [7, 11) is 0. The number of carbonyl (C=O) groups excluding carboxylic acids is 1. The van der Waals surface area contributed by atoms with Crippen LogP contribution in [0.5, 0.6) is 0 Å². The molecule has 0 radical (unpaired) electrons. The van der Waals surface area contributed by atoms with E-state index in [1.807, 2.05) is 36.1 Å². The van der Waals surface area contributed by atoms with Crippen LogP contribution >= 0.6 is 0 Å². The Kier molecular flexibility index (Phi) is 6.37. The van der Waals surface area contributed by atoms with E-state index in [4.69, 9.17) is 0 Å². The van der Waals surface area contributed by atoms with E-state index in [0.29, 0.717) is 24.2 Å². The van der Waals surface area contributed by atoms with E-state index in [0.717, 1.165) is 44.1 Å². The Hall–Kier alpha value is -2.34. The lowest BCUT2D eigenvalue weighted by Gasteiger charge is -2.31. The smallest absolute Gasteiger partial charge is 0.338 e. The van der Waals surface area contributed by atoms with Crippen molar-refractivity contribution >= 4 is 5.91 Å². The van der Waals surface area contributed by atoms with Gasteiger partial charge in [0.05, 0.1) is 5.56 Å². The van der Waals surface area contributed by atoms with Crippen LogP contribution < -0.4 is 0 Å². The third kappa shape index (κ3) is 5.12. The number of piperidine rings is 1. The Morgan fingerprint density at radius 3 is 2.45 bits per heavy atom. The van der Waals surface area contributed by atoms with Crippen LogP contribution in [0.2, 0.25) is 0 Å². The quantitative estimate of drug-likeness (QED) is 0.652. The number of amides is 1. The molecular weight excluding hydrogens is 401 g/mol. The Labute approximate surface area is 181 Å².